The number of thioether (sulfide) groups is 1. The van der Waals surface area contributed by atoms with E-state index < -0.39 is 0 Å². The number of nitrogens with zero attached hydrogens (tertiary/aromatic N) is 3. The van der Waals surface area contributed by atoms with Crippen LogP contribution in [0.5, 0.6) is 0 Å². The number of hydrogen-bond donors (Lipinski definition) is 0. The van der Waals surface area contributed by atoms with Crippen molar-refractivity contribution in [2.75, 3.05) is 12.4 Å². The fourth-order valence-corrected chi connectivity index (χ4v) is 4.12. The molecule has 7 heteroatoms. The van der Waals surface area contributed by atoms with Crippen LogP contribution in [0.15, 0.2) is 72.1 Å². The lowest BCUT2D eigenvalue weighted by atomic mass is 10.1. The van der Waals surface area contributed by atoms with Gasteiger partial charge in [-0.1, -0.05) is 59.8 Å². The summed E-state index contributed by atoms with van der Waals surface area (Å²) in [5.41, 5.74) is 3.70. The molecule has 0 radical (unpaired) electrons. The van der Waals surface area contributed by atoms with Crippen molar-refractivity contribution in [3.8, 4) is 16.8 Å². The van der Waals surface area contributed by atoms with Crippen molar-refractivity contribution in [2.24, 2.45) is 0 Å². The summed E-state index contributed by atoms with van der Waals surface area (Å²) in [6.45, 7) is 2.16. The minimum Gasteiger partial charge on any atom is -0.465 e. The molecular weight excluding hydrogens is 406 g/mol. The average Bonchev–Trinajstić information content (AvgIpc) is 3.13. The van der Waals surface area contributed by atoms with Gasteiger partial charge in [-0.2, -0.15) is 0 Å². The van der Waals surface area contributed by atoms with Crippen LogP contribution in [-0.4, -0.2) is 32.9 Å². The number of fused-ring (bicyclic) bond motifs is 1. The van der Waals surface area contributed by atoms with Gasteiger partial charge in [0.2, 0.25) is 0 Å². The number of halogens is 1. The summed E-state index contributed by atoms with van der Waals surface area (Å²) in [6, 6.07) is 17.7. The molecule has 2 aromatic carbocycles. The third-order valence-electron chi connectivity index (χ3n) is 4.35. The molecule has 5 nitrogen and oxygen atoms in total. The maximum atomic E-state index is 11.9. The standard InChI is InChI=1S/C22H18ClN3O2S/c1-2-28-19(27)13-29-22-20-18(15-7-4-3-5-8-15)12-26(21(20)24-14-25-22)17-10-6-9-16(23)11-17/h3-12,14H,2,13H2,1H3. The predicted octanol–water partition coefficient (Wildman–Crippen LogP) is 5.40. The zero-order chi connectivity index (χ0) is 20.2. The van der Waals surface area contributed by atoms with Crippen molar-refractivity contribution in [3.05, 3.63) is 72.1 Å². The highest BCUT2D eigenvalue weighted by Crippen LogP contribution is 2.37. The molecule has 0 atom stereocenters. The first-order valence-electron chi connectivity index (χ1n) is 9.13. The number of carbonyl (C=O) groups is 1. The Morgan fingerprint density at radius 1 is 1.14 bits per heavy atom. The molecule has 0 bridgehead atoms. The van der Waals surface area contributed by atoms with Gasteiger partial charge in [0.05, 0.1) is 17.7 Å². The number of hydrogen-bond acceptors (Lipinski definition) is 5. The lowest BCUT2D eigenvalue weighted by Gasteiger charge is -2.06. The highest BCUT2D eigenvalue weighted by Gasteiger charge is 2.18. The average molecular weight is 424 g/mol. The van der Waals surface area contributed by atoms with Crippen LogP contribution in [0, 0.1) is 0 Å². The zero-order valence-electron chi connectivity index (χ0n) is 15.7. The van der Waals surface area contributed by atoms with E-state index >= 15 is 0 Å². The van der Waals surface area contributed by atoms with Gasteiger partial charge in [0.15, 0.2) is 0 Å². The van der Waals surface area contributed by atoms with Gasteiger partial charge in [0.1, 0.15) is 17.0 Å². The van der Waals surface area contributed by atoms with Crippen LogP contribution >= 0.6 is 23.4 Å². The highest BCUT2D eigenvalue weighted by molar-refractivity contribution is 8.00. The Bertz CT molecular complexity index is 1160. The summed E-state index contributed by atoms with van der Waals surface area (Å²) in [7, 11) is 0. The normalized spacial score (nSPS) is 11.0. The second-order valence-corrected chi connectivity index (χ2v) is 7.63. The summed E-state index contributed by atoms with van der Waals surface area (Å²) in [5, 5.41) is 2.28. The van der Waals surface area contributed by atoms with Crippen molar-refractivity contribution in [3.63, 3.8) is 0 Å². The number of carbonyl (C=O) groups excluding carboxylic acids is 1. The van der Waals surface area contributed by atoms with E-state index in [0.29, 0.717) is 11.6 Å². The SMILES string of the molecule is CCOC(=O)CSc1ncnc2c1c(-c1ccccc1)cn2-c1cccc(Cl)c1. The van der Waals surface area contributed by atoms with Crippen LogP contribution in [0.4, 0.5) is 0 Å². The number of benzene rings is 2. The van der Waals surface area contributed by atoms with E-state index in [4.69, 9.17) is 16.3 Å². The minimum atomic E-state index is -0.264. The fourth-order valence-electron chi connectivity index (χ4n) is 3.13. The van der Waals surface area contributed by atoms with Crippen LogP contribution in [0.3, 0.4) is 0 Å². The maximum Gasteiger partial charge on any atom is 0.316 e. The predicted molar refractivity (Wildman–Crippen MR) is 117 cm³/mol. The Morgan fingerprint density at radius 2 is 1.97 bits per heavy atom. The van der Waals surface area contributed by atoms with Crippen LogP contribution in [0.2, 0.25) is 5.02 Å². The first kappa shape index (κ1) is 19.5. The largest absolute Gasteiger partial charge is 0.465 e. The number of aromatic nitrogens is 3. The van der Waals surface area contributed by atoms with Gasteiger partial charge in [-0.05, 0) is 30.7 Å². The van der Waals surface area contributed by atoms with Crippen molar-refractivity contribution >= 4 is 40.4 Å². The van der Waals surface area contributed by atoms with Crippen LogP contribution in [0.1, 0.15) is 6.92 Å². The number of esters is 1. The molecule has 0 amide bonds. The molecule has 0 aliphatic rings. The van der Waals surface area contributed by atoms with Crippen LogP contribution in [-0.2, 0) is 9.53 Å². The molecule has 4 rings (SSSR count). The molecule has 0 fully saturated rings. The Hall–Kier alpha value is -2.83. The Balaban J connectivity index is 1.88. The second kappa shape index (κ2) is 8.68. The molecule has 0 saturated heterocycles. The van der Waals surface area contributed by atoms with Gasteiger partial charge in [-0.15, -0.1) is 0 Å². The molecule has 0 aliphatic carbocycles. The molecular formula is C22H18ClN3O2S. The van der Waals surface area contributed by atoms with Crippen molar-refractivity contribution in [1.82, 2.24) is 14.5 Å². The second-order valence-electron chi connectivity index (χ2n) is 6.23. The van der Waals surface area contributed by atoms with E-state index in [0.717, 1.165) is 32.9 Å². The van der Waals surface area contributed by atoms with Gasteiger partial charge in [0, 0.05) is 22.5 Å². The topological polar surface area (TPSA) is 57.0 Å². The molecule has 29 heavy (non-hydrogen) atoms. The molecule has 0 saturated carbocycles. The summed E-state index contributed by atoms with van der Waals surface area (Å²) in [6.07, 6.45) is 3.56. The van der Waals surface area contributed by atoms with Gasteiger partial charge in [0.25, 0.3) is 0 Å². The molecule has 0 aliphatic heterocycles. The lowest BCUT2D eigenvalue weighted by Crippen LogP contribution is -2.06. The minimum absolute atomic E-state index is 0.191. The maximum absolute atomic E-state index is 11.9. The number of rotatable bonds is 6. The summed E-state index contributed by atoms with van der Waals surface area (Å²) >= 11 is 7.57. The summed E-state index contributed by atoms with van der Waals surface area (Å²) in [5.74, 6) is -0.0731. The molecule has 0 N–H and O–H groups in total. The van der Waals surface area contributed by atoms with Crippen molar-refractivity contribution < 1.29 is 9.53 Å². The van der Waals surface area contributed by atoms with E-state index in [1.807, 2.05) is 65.4 Å². The van der Waals surface area contributed by atoms with E-state index in [1.54, 1.807) is 6.92 Å². The van der Waals surface area contributed by atoms with Crippen molar-refractivity contribution in [1.29, 1.82) is 0 Å². The third kappa shape index (κ3) is 4.13. The van der Waals surface area contributed by atoms with Crippen LogP contribution < -0.4 is 0 Å². The Kier molecular flexibility index (Phi) is 5.83. The van der Waals surface area contributed by atoms with E-state index in [-0.39, 0.29) is 11.7 Å². The smallest absolute Gasteiger partial charge is 0.316 e. The lowest BCUT2D eigenvalue weighted by molar-refractivity contribution is -0.139. The molecule has 4 aromatic rings. The van der Waals surface area contributed by atoms with Gasteiger partial charge < -0.3 is 9.30 Å². The molecule has 0 unspecified atom stereocenters. The van der Waals surface area contributed by atoms with E-state index in [1.165, 1.54) is 18.1 Å². The quantitative estimate of drug-likeness (QED) is 0.236. The zero-order valence-corrected chi connectivity index (χ0v) is 17.3. The third-order valence-corrected chi connectivity index (χ3v) is 5.55. The highest BCUT2D eigenvalue weighted by atomic mass is 35.5. The summed E-state index contributed by atoms with van der Waals surface area (Å²) < 4.78 is 7.05. The monoisotopic (exact) mass is 423 g/mol. The molecule has 2 aromatic heterocycles. The fraction of sp³-hybridized carbons (Fsp3) is 0.136. The summed E-state index contributed by atoms with van der Waals surface area (Å²) in [4.78, 5) is 20.9. The molecule has 2 heterocycles. The van der Waals surface area contributed by atoms with Gasteiger partial charge >= 0.3 is 5.97 Å². The Morgan fingerprint density at radius 3 is 2.72 bits per heavy atom. The molecule has 0 spiro atoms. The molecule has 146 valence electrons. The van der Waals surface area contributed by atoms with Gasteiger partial charge in [-0.25, -0.2) is 9.97 Å². The van der Waals surface area contributed by atoms with E-state index in [9.17, 15) is 4.79 Å². The Labute approximate surface area is 177 Å². The van der Waals surface area contributed by atoms with Crippen molar-refractivity contribution in [2.45, 2.75) is 11.9 Å². The number of ether oxygens (including phenoxy) is 1. The first-order chi connectivity index (χ1) is 14.2. The van der Waals surface area contributed by atoms with Crippen LogP contribution in [0.25, 0.3) is 27.8 Å². The first-order valence-corrected chi connectivity index (χ1v) is 10.5. The van der Waals surface area contributed by atoms with E-state index in [2.05, 4.69) is 9.97 Å². The van der Waals surface area contributed by atoms with Gasteiger partial charge in [-0.3, -0.25) is 4.79 Å².